The number of hydrogen-bond acceptors (Lipinski definition) is 4. The van der Waals surface area contributed by atoms with Gasteiger partial charge in [-0.05, 0) is 52.3 Å². The second-order valence-electron chi connectivity index (χ2n) is 6.46. The fourth-order valence-electron chi connectivity index (χ4n) is 2.86. The Hall–Kier alpha value is -2.41. The van der Waals surface area contributed by atoms with Crippen molar-refractivity contribution in [2.24, 2.45) is 4.99 Å². The van der Waals surface area contributed by atoms with Gasteiger partial charge in [0.15, 0.2) is 5.96 Å². The Balaban J connectivity index is 2.00. The molecule has 2 rings (SSSR count). The molecule has 152 valence electrons. The highest BCUT2D eigenvalue weighted by Crippen LogP contribution is 2.16. The van der Waals surface area contributed by atoms with Crippen LogP contribution in [0, 0.1) is 13.8 Å². The maximum Gasteiger partial charge on any atom is 0.253 e. The van der Waals surface area contributed by atoms with E-state index in [1.54, 1.807) is 11.3 Å². The highest BCUT2D eigenvalue weighted by atomic mass is 32.1. The van der Waals surface area contributed by atoms with Gasteiger partial charge < -0.3 is 15.5 Å². The van der Waals surface area contributed by atoms with E-state index in [0.717, 1.165) is 47.4 Å². The highest BCUT2D eigenvalue weighted by Gasteiger charge is 2.12. The zero-order valence-electron chi connectivity index (χ0n) is 17.5. The SMILES string of the molecule is CCNC(=NCc1ccc(C(=O)N(CC)CC)cc1)NCc1sc(C)nc1C. The van der Waals surface area contributed by atoms with Gasteiger partial charge >= 0.3 is 0 Å². The van der Waals surface area contributed by atoms with E-state index in [-0.39, 0.29) is 5.91 Å². The number of nitrogens with zero attached hydrogens (tertiary/aromatic N) is 3. The van der Waals surface area contributed by atoms with E-state index in [1.807, 2.05) is 63.8 Å². The summed E-state index contributed by atoms with van der Waals surface area (Å²) in [6, 6.07) is 7.71. The molecule has 2 N–H and O–H groups in total. The van der Waals surface area contributed by atoms with E-state index >= 15 is 0 Å². The number of carbonyl (C=O) groups excluding carboxylic acids is 1. The molecule has 1 aromatic carbocycles. The molecule has 0 aliphatic heterocycles. The lowest BCUT2D eigenvalue weighted by Crippen LogP contribution is -2.36. The highest BCUT2D eigenvalue weighted by molar-refractivity contribution is 7.11. The van der Waals surface area contributed by atoms with Gasteiger partial charge in [0.25, 0.3) is 5.91 Å². The van der Waals surface area contributed by atoms with Crippen LogP contribution in [0.5, 0.6) is 0 Å². The summed E-state index contributed by atoms with van der Waals surface area (Å²) in [6.45, 7) is 13.6. The van der Waals surface area contributed by atoms with Crippen molar-refractivity contribution in [2.75, 3.05) is 19.6 Å². The number of carbonyl (C=O) groups is 1. The van der Waals surface area contributed by atoms with Gasteiger partial charge in [0, 0.05) is 30.1 Å². The van der Waals surface area contributed by atoms with E-state index in [4.69, 9.17) is 0 Å². The van der Waals surface area contributed by atoms with Gasteiger partial charge in [-0.1, -0.05) is 12.1 Å². The Labute approximate surface area is 172 Å². The van der Waals surface area contributed by atoms with Crippen LogP contribution < -0.4 is 10.6 Å². The molecule has 0 atom stereocenters. The molecule has 0 bridgehead atoms. The summed E-state index contributed by atoms with van der Waals surface area (Å²) in [5.74, 6) is 0.849. The average Bonchev–Trinajstić information content (AvgIpc) is 3.02. The van der Waals surface area contributed by atoms with E-state index in [0.29, 0.717) is 13.1 Å². The smallest absolute Gasteiger partial charge is 0.253 e. The lowest BCUT2D eigenvalue weighted by molar-refractivity contribution is 0.0773. The topological polar surface area (TPSA) is 69.6 Å². The van der Waals surface area contributed by atoms with E-state index in [2.05, 4.69) is 20.6 Å². The minimum absolute atomic E-state index is 0.0743. The lowest BCUT2D eigenvalue weighted by Gasteiger charge is -2.18. The lowest BCUT2D eigenvalue weighted by atomic mass is 10.1. The molecule has 6 nitrogen and oxygen atoms in total. The zero-order valence-corrected chi connectivity index (χ0v) is 18.3. The summed E-state index contributed by atoms with van der Waals surface area (Å²) in [5.41, 5.74) is 2.86. The number of thiazole rings is 1. The zero-order chi connectivity index (χ0) is 20.5. The van der Waals surface area contributed by atoms with Gasteiger partial charge in [-0.3, -0.25) is 4.79 Å². The van der Waals surface area contributed by atoms with Crippen molar-refractivity contribution in [3.63, 3.8) is 0 Å². The first-order valence-electron chi connectivity index (χ1n) is 9.81. The Morgan fingerprint density at radius 1 is 1.11 bits per heavy atom. The van der Waals surface area contributed by atoms with Gasteiger partial charge in [-0.15, -0.1) is 11.3 Å². The predicted octanol–water partition coefficient (Wildman–Crippen LogP) is 3.50. The van der Waals surface area contributed by atoms with Crippen LogP contribution in [0.3, 0.4) is 0 Å². The first-order valence-corrected chi connectivity index (χ1v) is 10.6. The number of aliphatic imine (C=N–C) groups is 1. The number of hydrogen-bond donors (Lipinski definition) is 2. The number of aromatic nitrogens is 1. The number of amides is 1. The van der Waals surface area contributed by atoms with Crippen molar-refractivity contribution >= 4 is 23.2 Å². The molecular weight excluding hydrogens is 370 g/mol. The van der Waals surface area contributed by atoms with Crippen molar-refractivity contribution in [1.29, 1.82) is 0 Å². The number of rotatable bonds is 8. The molecule has 7 heteroatoms. The van der Waals surface area contributed by atoms with E-state index < -0.39 is 0 Å². The second-order valence-corrected chi connectivity index (χ2v) is 7.75. The summed E-state index contributed by atoms with van der Waals surface area (Å²) < 4.78 is 0. The molecule has 0 spiro atoms. The van der Waals surface area contributed by atoms with Gasteiger partial charge in [0.1, 0.15) is 0 Å². The molecule has 2 aromatic rings. The van der Waals surface area contributed by atoms with Crippen molar-refractivity contribution in [1.82, 2.24) is 20.5 Å². The quantitative estimate of drug-likeness (QED) is 0.525. The third-order valence-corrected chi connectivity index (χ3v) is 5.50. The molecule has 0 saturated carbocycles. The molecule has 0 saturated heterocycles. The molecule has 0 aliphatic rings. The second kappa shape index (κ2) is 10.8. The maximum absolute atomic E-state index is 12.4. The van der Waals surface area contributed by atoms with Crippen LogP contribution in [0.15, 0.2) is 29.3 Å². The normalized spacial score (nSPS) is 11.4. The number of guanidine groups is 1. The van der Waals surface area contributed by atoms with Crippen LogP contribution in [-0.2, 0) is 13.1 Å². The van der Waals surface area contributed by atoms with Gasteiger partial charge in [0.05, 0.1) is 23.8 Å². The summed E-state index contributed by atoms with van der Waals surface area (Å²) in [6.07, 6.45) is 0. The summed E-state index contributed by atoms with van der Waals surface area (Å²) in [7, 11) is 0. The minimum Gasteiger partial charge on any atom is -0.357 e. The number of benzene rings is 1. The van der Waals surface area contributed by atoms with Gasteiger partial charge in [-0.2, -0.15) is 0 Å². The first kappa shape index (κ1) is 21.9. The summed E-state index contributed by atoms with van der Waals surface area (Å²) in [4.78, 5) is 24.6. The van der Waals surface area contributed by atoms with Crippen molar-refractivity contribution < 1.29 is 4.79 Å². The Morgan fingerprint density at radius 3 is 2.32 bits per heavy atom. The monoisotopic (exact) mass is 401 g/mol. The Kier molecular flexibility index (Phi) is 8.44. The third-order valence-electron chi connectivity index (χ3n) is 4.43. The molecule has 1 aromatic heterocycles. The van der Waals surface area contributed by atoms with Crippen LogP contribution in [0.25, 0.3) is 0 Å². The molecule has 0 aliphatic carbocycles. The van der Waals surface area contributed by atoms with E-state index in [9.17, 15) is 4.79 Å². The maximum atomic E-state index is 12.4. The summed E-state index contributed by atoms with van der Waals surface area (Å²) >= 11 is 1.71. The van der Waals surface area contributed by atoms with Crippen LogP contribution in [-0.4, -0.2) is 41.4 Å². The third kappa shape index (κ3) is 6.05. The number of aryl methyl sites for hydroxylation is 2. The molecule has 0 fully saturated rings. The fraction of sp³-hybridized carbons (Fsp3) is 0.476. The summed E-state index contributed by atoms with van der Waals surface area (Å²) in [5, 5.41) is 7.72. The number of nitrogens with one attached hydrogen (secondary N) is 2. The van der Waals surface area contributed by atoms with Crippen LogP contribution in [0.1, 0.15) is 52.3 Å². The molecular formula is C21H31N5OS. The molecule has 1 amide bonds. The molecule has 1 heterocycles. The first-order chi connectivity index (χ1) is 13.5. The standard InChI is InChI=1S/C21H31N5OS/c1-6-22-21(24-14-19-15(4)25-16(5)28-19)23-13-17-9-11-18(12-10-17)20(27)26(7-2)8-3/h9-12H,6-8,13-14H2,1-5H3,(H2,22,23,24). The van der Waals surface area contributed by atoms with Crippen LogP contribution in [0.4, 0.5) is 0 Å². The Morgan fingerprint density at radius 2 is 1.79 bits per heavy atom. The fourth-order valence-corrected chi connectivity index (χ4v) is 3.74. The van der Waals surface area contributed by atoms with E-state index in [1.165, 1.54) is 4.88 Å². The van der Waals surface area contributed by atoms with Gasteiger partial charge in [-0.25, -0.2) is 9.98 Å². The molecule has 0 radical (unpaired) electrons. The average molecular weight is 402 g/mol. The molecule has 28 heavy (non-hydrogen) atoms. The van der Waals surface area contributed by atoms with Crippen LogP contribution >= 0.6 is 11.3 Å². The minimum atomic E-state index is 0.0743. The molecule has 0 unspecified atom stereocenters. The largest absolute Gasteiger partial charge is 0.357 e. The van der Waals surface area contributed by atoms with Crippen molar-refractivity contribution in [3.8, 4) is 0 Å². The van der Waals surface area contributed by atoms with Gasteiger partial charge in [0.2, 0.25) is 0 Å². The van der Waals surface area contributed by atoms with Crippen molar-refractivity contribution in [3.05, 3.63) is 51.0 Å². The predicted molar refractivity (Wildman–Crippen MR) is 117 cm³/mol. The van der Waals surface area contributed by atoms with Crippen molar-refractivity contribution in [2.45, 2.75) is 47.7 Å². The Bertz CT molecular complexity index is 794. The van der Waals surface area contributed by atoms with Crippen LogP contribution in [0.2, 0.25) is 0 Å².